The molecule has 0 saturated carbocycles. The molecule has 278 valence electrons. The van der Waals surface area contributed by atoms with Crippen LogP contribution < -0.4 is 14.2 Å². The molecular weight excluding hydrogens is 731 g/mol. The van der Waals surface area contributed by atoms with Gasteiger partial charge in [0.25, 0.3) is 0 Å². The predicted molar refractivity (Wildman–Crippen MR) is 212 cm³/mol. The molecule has 7 rings (SSSR count). The molecule has 55 heavy (non-hydrogen) atoms. The van der Waals surface area contributed by atoms with E-state index in [9.17, 15) is 8.42 Å². The summed E-state index contributed by atoms with van der Waals surface area (Å²) < 4.78 is 54.8. The molecule has 3 heterocycles. The maximum atomic E-state index is 14.6. The van der Waals surface area contributed by atoms with Crippen molar-refractivity contribution in [2.75, 3.05) is 0 Å². The van der Waals surface area contributed by atoms with E-state index in [2.05, 4.69) is 15.0 Å². The Labute approximate surface area is 323 Å². The number of hydrogen-bond donors (Lipinski definition) is 0. The van der Waals surface area contributed by atoms with Crippen molar-refractivity contribution in [3.8, 4) is 17.2 Å². The lowest BCUT2D eigenvalue weighted by Crippen LogP contribution is -2.15. The molecule has 0 unspecified atom stereocenters. The van der Waals surface area contributed by atoms with Gasteiger partial charge in [0, 0.05) is 33.3 Å². The summed E-state index contributed by atoms with van der Waals surface area (Å²) in [5, 5.41) is 0. The highest BCUT2D eigenvalue weighted by Gasteiger charge is 2.39. The molecular formula is C44H39N3O6S2. The van der Waals surface area contributed by atoms with Crippen LogP contribution in [0.5, 0.6) is 17.2 Å². The summed E-state index contributed by atoms with van der Waals surface area (Å²) in [5.74, 6) is 1.54. The van der Waals surface area contributed by atoms with Gasteiger partial charge in [0.05, 0.1) is 22.0 Å². The number of rotatable bonds is 16. The molecule has 9 nitrogen and oxygen atoms in total. The van der Waals surface area contributed by atoms with Crippen LogP contribution in [-0.2, 0) is 40.0 Å². The van der Waals surface area contributed by atoms with Gasteiger partial charge in [0.15, 0.2) is 0 Å². The second kappa shape index (κ2) is 17.4. The van der Waals surface area contributed by atoms with Gasteiger partial charge in [-0.1, -0.05) is 55.5 Å². The van der Waals surface area contributed by atoms with Crippen molar-refractivity contribution in [3.63, 3.8) is 0 Å². The Morgan fingerprint density at radius 1 is 0.455 bits per heavy atom. The fourth-order valence-corrected chi connectivity index (χ4v) is 11.0. The molecule has 0 N–H and O–H groups in total. The Morgan fingerprint density at radius 2 is 0.855 bits per heavy atom. The third-order valence-electron chi connectivity index (χ3n) is 8.56. The number of benzene rings is 4. The summed E-state index contributed by atoms with van der Waals surface area (Å²) in [7, 11) is -7.55. The molecule has 0 bridgehead atoms. The van der Waals surface area contributed by atoms with Crippen molar-refractivity contribution in [3.05, 3.63) is 193 Å². The zero-order valence-electron chi connectivity index (χ0n) is 30.1. The van der Waals surface area contributed by atoms with E-state index in [0.717, 1.165) is 29.1 Å². The van der Waals surface area contributed by atoms with Crippen molar-refractivity contribution in [2.45, 2.75) is 52.7 Å². The number of aryl methyl sites for hydroxylation is 1. The van der Waals surface area contributed by atoms with E-state index >= 15 is 0 Å². The Morgan fingerprint density at radius 3 is 1.20 bits per heavy atom. The second-order valence-electron chi connectivity index (χ2n) is 12.3. The molecule has 7 aromatic rings. The Balaban J connectivity index is 1.38. The van der Waals surface area contributed by atoms with Crippen molar-refractivity contribution in [2.24, 2.45) is 0 Å². The normalized spacial score (nSPS) is 11.8. The standard InChI is InChI=1S/C44H39N3O6S2/c1-2-34-21-23-41(24-22-34)55(48,49)53-54(42-18-9-15-38(28-42)50-31-35-12-3-6-25-45-35,43-19-10-16-39(29-43)51-32-36-13-4-7-26-46-36)44-20-11-17-40(30-44)52-33-37-14-5-8-27-47-37/h3-30H,2,31-33H2,1H3. The van der Waals surface area contributed by atoms with Gasteiger partial charge in [-0.05, 0) is 125 Å². The van der Waals surface area contributed by atoms with Crippen LogP contribution in [0.15, 0.2) is 190 Å². The van der Waals surface area contributed by atoms with E-state index in [-0.39, 0.29) is 24.7 Å². The van der Waals surface area contributed by atoms with E-state index in [0.29, 0.717) is 31.9 Å². The smallest absolute Gasteiger partial charge is 0.307 e. The van der Waals surface area contributed by atoms with Crippen molar-refractivity contribution in [1.29, 1.82) is 0 Å². The first-order valence-electron chi connectivity index (χ1n) is 17.7. The molecule has 0 aliphatic carbocycles. The van der Waals surface area contributed by atoms with Gasteiger partial charge in [0.2, 0.25) is 0 Å². The summed E-state index contributed by atoms with van der Waals surface area (Å²) in [6.07, 6.45) is 5.89. The van der Waals surface area contributed by atoms with Gasteiger partial charge in [0.1, 0.15) is 37.1 Å². The van der Waals surface area contributed by atoms with Gasteiger partial charge in [-0.3, -0.25) is 15.0 Å². The highest BCUT2D eigenvalue weighted by Crippen LogP contribution is 2.71. The molecule has 0 aliphatic rings. The van der Waals surface area contributed by atoms with E-state index in [1.54, 1.807) is 42.9 Å². The van der Waals surface area contributed by atoms with E-state index in [1.165, 1.54) is 0 Å². The van der Waals surface area contributed by atoms with Crippen molar-refractivity contribution >= 4 is 20.4 Å². The Hall–Kier alpha value is -6.01. The number of nitrogens with zero attached hydrogens (tertiary/aromatic N) is 3. The quantitative estimate of drug-likeness (QED) is 0.0949. The minimum atomic E-state index is -4.41. The SMILES string of the molecule is CCc1ccc(S(=O)(=O)OS(c2cccc(OCc3ccccn3)c2)(c2cccc(OCc3ccccn3)c2)c2cccc(OCc3ccccn3)c2)cc1. The average molecular weight is 770 g/mol. The third kappa shape index (κ3) is 9.21. The van der Waals surface area contributed by atoms with Gasteiger partial charge in [-0.25, -0.2) is 3.63 Å². The van der Waals surface area contributed by atoms with E-state index in [1.807, 2.05) is 134 Å². The minimum absolute atomic E-state index is 0.0363. The lowest BCUT2D eigenvalue weighted by molar-refractivity contribution is 0.300. The van der Waals surface area contributed by atoms with Crippen LogP contribution in [0.25, 0.3) is 0 Å². The average Bonchev–Trinajstić information content (AvgIpc) is 3.25. The summed E-state index contributed by atoms with van der Waals surface area (Å²) >= 11 is 0. The molecule has 0 aliphatic heterocycles. The number of hydrogen-bond acceptors (Lipinski definition) is 9. The van der Waals surface area contributed by atoms with E-state index in [4.69, 9.17) is 17.8 Å². The van der Waals surface area contributed by atoms with Gasteiger partial charge in [-0.15, -0.1) is 0 Å². The molecule has 0 amide bonds. The maximum absolute atomic E-state index is 14.6. The molecule has 4 aromatic carbocycles. The fraction of sp³-hybridized carbons (Fsp3) is 0.114. The fourth-order valence-electron chi connectivity index (χ4n) is 5.74. The monoisotopic (exact) mass is 769 g/mol. The topological polar surface area (TPSA) is 110 Å². The van der Waals surface area contributed by atoms with Gasteiger partial charge < -0.3 is 14.2 Å². The molecule has 0 atom stereocenters. The molecule has 0 fully saturated rings. The van der Waals surface area contributed by atoms with Crippen LogP contribution in [0.4, 0.5) is 0 Å². The molecule has 0 radical (unpaired) electrons. The zero-order valence-corrected chi connectivity index (χ0v) is 31.7. The van der Waals surface area contributed by atoms with E-state index < -0.39 is 20.4 Å². The Kier molecular flexibility index (Phi) is 11.8. The first kappa shape index (κ1) is 37.3. The van der Waals surface area contributed by atoms with Crippen LogP contribution in [0.2, 0.25) is 0 Å². The largest absolute Gasteiger partial charge is 0.487 e. The van der Waals surface area contributed by atoms with Crippen LogP contribution in [-0.4, -0.2) is 23.4 Å². The summed E-state index contributed by atoms with van der Waals surface area (Å²) in [6.45, 7) is 2.65. The second-order valence-corrected chi connectivity index (χ2v) is 16.8. The van der Waals surface area contributed by atoms with Gasteiger partial charge >= 0.3 is 10.1 Å². The number of aromatic nitrogens is 3. The first-order valence-corrected chi connectivity index (χ1v) is 20.6. The highest BCUT2D eigenvalue weighted by molar-refractivity contribution is 8.33. The highest BCUT2D eigenvalue weighted by atomic mass is 32.3. The molecule has 0 saturated heterocycles. The minimum Gasteiger partial charge on any atom is -0.487 e. The zero-order chi connectivity index (χ0) is 37.9. The van der Waals surface area contributed by atoms with Crippen LogP contribution in [0.1, 0.15) is 29.6 Å². The lowest BCUT2D eigenvalue weighted by Gasteiger charge is -2.39. The molecule has 11 heteroatoms. The van der Waals surface area contributed by atoms with Crippen LogP contribution in [0.3, 0.4) is 0 Å². The molecule has 0 spiro atoms. The maximum Gasteiger partial charge on any atom is 0.307 e. The summed E-state index contributed by atoms with van der Waals surface area (Å²) in [6, 6.07) is 45.7. The summed E-state index contributed by atoms with van der Waals surface area (Å²) in [5.41, 5.74) is 3.25. The summed E-state index contributed by atoms with van der Waals surface area (Å²) in [4.78, 5) is 14.9. The third-order valence-corrected chi connectivity index (χ3v) is 13.7. The number of pyridine rings is 3. The number of ether oxygens (including phenoxy) is 3. The Bertz CT molecular complexity index is 2210. The van der Waals surface area contributed by atoms with Crippen molar-refractivity contribution < 1.29 is 26.3 Å². The van der Waals surface area contributed by atoms with Crippen molar-refractivity contribution in [1.82, 2.24) is 15.0 Å². The first-order chi connectivity index (χ1) is 26.9. The van der Waals surface area contributed by atoms with Crippen LogP contribution >= 0.6 is 10.3 Å². The van der Waals surface area contributed by atoms with Crippen LogP contribution in [0, 0.1) is 0 Å². The predicted octanol–water partition coefficient (Wildman–Crippen LogP) is 9.77. The molecule has 3 aromatic heterocycles. The lowest BCUT2D eigenvalue weighted by atomic mass is 10.2. The van der Waals surface area contributed by atoms with Gasteiger partial charge in [-0.2, -0.15) is 8.42 Å².